The Bertz CT molecular complexity index is 376. The van der Waals surface area contributed by atoms with Crippen LogP contribution >= 0.6 is 0 Å². The monoisotopic (exact) mass is 236 g/mol. The lowest BCUT2D eigenvalue weighted by molar-refractivity contribution is -0.144. The van der Waals surface area contributed by atoms with E-state index in [1.165, 1.54) is 6.08 Å². The van der Waals surface area contributed by atoms with Gasteiger partial charge in [0.05, 0.1) is 19.3 Å². The minimum Gasteiger partial charge on any atom is -0.469 e. The lowest BCUT2D eigenvalue weighted by Gasteiger charge is -1.98. The molecule has 0 aliphatic rings. The zero-order valence-corrected chi connectivity index (χ0v) is 9.85. The third kappa shape index (κ3) is 5.70. The van der Waals surface area contributed by atoms with Gasteiger partial charge in [-0.3, -0.25) is 9.59 Å². The Morgan fingerprint density at radius 3 is 2.88 bits per heavy atom. The molecule has 0 aromatic carbocycles. The van der Waals surface area contributed by atoms with E-state index in [1.807, 2.05) is 6.07 Å². The first-order valence-electron chi connectivity index (χ1n) is 5.59. The summed E-state index contributed by atoms with van der Waals surface area (Å²) < 4.78 is 9.83. The zero-order chi connectivity index (χ0) is 12.5. The van der Waals surface area contributed by atoms with Gasteiger partial charge in [-0.15, -0.1) is 0 Å². The molecule has 92 valence electrons. The van der Waals surface area contributed by atoms with Gasteiger partial charge in [-0.1, -0.05) is 6.08 Å². The number of esters is 1. The Balaban J connectivity index is 2.20. The Morgan fingerprint density at radius 1 is 1.41 bits per heavy atom. The van der Waals surface area contributed by atoms with Crippen LogP contribution in [0.3, 0.4) is 0 Å². The van der Waals surface area contributed by atoms with E-state index in [9.17, 15) is 9.59 Å². The molecular formula is C13H16O4. The number of ketones is 1. The maximum Gasteiger partial charge on any atom is 0.306 e. The molecule has 17 heavy (non-hydrogen) atoms. The third-order valence-electron chi connectivity index (χ3n) is 2.08. The van der Waals surface area contributed by atoms with E-state index >= 15 is 0 Å². The number of carbonyl (C=O) groups is 2. The van der Waals surface area contributed by atoms with E-state index in [0.717, 1.165) is 5.76 Å². The van der Waals surface area contributed by atoms with Crippen molar-refractivity contribution in [2.45, 2.75) is 26.2 Å². The molecule has 0 bridgehead atoms. The van der Waals surface area contributed by atoms with Crippen molar-refractivity contribution in [1.82, 2.24) is 0 Å². The molecule has 0 saturated carbocycles. The highest BCUT2D eigenvalue weighted by Gasteiger charge is 2.04. The number of furan rings is 1. The number of carbonyl (C=O) groups excluding carboxylic acids is 2. The number of hydrogen-bond donors (Lipinski definition) is 0. The topological polar surface area (TPSA) is 56.5 Å². The van der Waals surface area contributed by atoms with Crippen LogP contribution in [-0.4, -0.2) is 18.4 Å². The molecule has 0 aliphatic carbocycles. The van der Waals surface area contributed by atoms with E-state index in [4.69, 9.17) is 9.15 Å². The molecule has 0 N–H and O–H groups in total. The van der Waals surface area contributed by atoms with Crippen LogP contribution in [0.4, 0.5) is 0 Å². The zero-order valence-electron chi connectivity index (χ0n) is 9.85. The summed E-state index contributed by atoms with van der Waals surface area (Å²) in [5.74, 6) is 0.393. The van der Waals surface area contributed by atoms with Crippen LogP contribution in [0.5, 0.6) is 0 Å². The van der Waals surface area contributed by atoms with Crippen molar-refractivity contribution in [3.63, 3.8) is 0 Å². The van der Waals surface area contributed by atoms with E-state index in [1.54, 1.807) is 25.3 Å². The molecular weight excluding hydrogens is 220 g/mol. The molecule has 1 rings (SSSR count). The van der Waals surface area contributed by atoms with Gasteiger partial charge in [0.15, 0.2) is 5.78 Å². The SMILES string of the molecule is CCOC(=O)CCC(=O)C=CCc1ccco1. The van der Waals surface area contributed by atoms with Crippen molar-refractivity contribution >= 4 is 11.8 Å². The second kappa shape index (κ2) is 7.44. The van der Waals surface area contributed by atoms with Crippen LogP contribution in [0, 0.1) is 0 Å². The molecule has 0 radical (unpaired) electrons. The van der Waals surface area contributed by atoms with Crippen molar-refractivity contribution in [2.24, 2.45) is 0 Å². The Morgan fingerprint density at radius 2 is 2.24 bits per heavy atom. The fourth-order valence-electron chi connectivity index (χ4n) is 1.28. The smallest absolute Gasteiger partial charge is 0.306 e. The Hall–Kier alpha value is -1.84. The predicted octanol–water partition coefficient (Wildman–Crippen LogP) is 2.29. The quantitative estimate of drug-likeness (QED) is 0.538. The first-order chi connectivity index (χ1) is 8.22. The molecule has 1 heterocycles. The molecule has 0 fully saturated rings. The molecule has 4 heteroatoms. The van der Waals surface area contributed by atoms with Crippen molar-refractivity contribution in [3.05, 3.63) is 36.3 Å². The van der Waals surface area contributed by atoms with Crippen LogP contribution < -0.4 is 0 Å². The van der Waals surface area contributed by atoms with Gasteiger partial charge < -0.3 is 9.15 Å². The summed E-state index contributed by atoms with van der Waals surface area (Å²) >= 11 is 0. The highest BCUT2D eigenvalue weighted by molar-refractivity contribution is 5.91. The standard InChI is InChI=1S/C13H16O4/c1-2-16-13(15)9-8-11(14)5-3-6-12-7-4-10-17-12/h3-5,7,10H,2,6,8-9H2,1H3. The molecule has 1 aromatic heterocycles. The first kappa shape index (κ1) is 13.2. The molecule has 1 aromatic rings. The van der Waals surface area contributed by atoms with Gasteiger partial charge in [-0.25, -0.2) is 0 Å². The number of ether oxygens (including phenoxy) is 1. The maximum atomic E-state index is 11.4. The molecule has 0 aliphatic heterocycles. The number of hydrogen-bond acceptors (Lipinski definition) is 4. The van der Waals surface area contributed by atoms with Crippen molar-refractivity contribution in [1.29, 1.82) is 0 Å². The maximum absolute atomic E-state index is 11.4. The van der Waals surface area contributed by atoms with Gasteiger partial charge in [-0.2, -0.15) is 0 Å². The summed E-state index contributed by atoms with van der Waals surface area (Å²) in [6.45, 7) is 2.09. The second-order valence-electron chi connectivity index (χ2n) is 3.46. The van der Waals surface area contributed by atoms with Crippen molar-refractivity contribution < 1.29 is 18.7 Å². The van der Waals surface area contributed by atoms with Gasteiger partial charge >= 0.3 is 5.97 Å². The van der Waals surface area contributed by atoms with Crippen molar-refractivity contribution in [2.75, 3.05) is 6.61 Å². The van der Waals surface area contributed by atoms with Crippen LogP contribution in [0.25, 0.3) is 0 Å². The Kier molecular flexibility index (Phi) is 5.79. The van der Waals surface area contributed by atoms with E-state index in [-0.39, 0.29) is 24.6 Å². The van der Waals surface area contributed by atoms with Crippen LogP contribution in [0.15, 0.2) is 35.0 Å². The van der Waals surface area contributed by atoms with E-state index < -0.39 is 0 Å². The Labute approximate surface area is 100 Å². The fourth-order valence-corrected chi connectivity index (χ4v) is 1.28. The molecule has 0 unspecified atom stereocenters. The van der Waals surface area contributed by atoms with E-state index in [2.05, 4.69) is 0 Å². The molecule has 4 nitrogen and oxygen atoms in total. The minimum absolute atomic E-state index is 0.0791. The minimum atomic E-state index is -0.333. The lowest BCUT2D eigenvalue weighted by atomic mass is 10.2. The van der Waals surface area contributed by atoms with Crippen molar-refractivity contribution in [3.8, 4) is 0 Å². The highest BCUT2D eigenvalue weighted by atomic mass is 16.5. The summed E-state index contributed by atoms with van der Waals surface area (Å²) in [4.78, 5) is 22.3. The predicted molar refractivity (Wildman–Crippen MR) is 62.4 cm³/mol. The van der Waals surface area contributed by atoms with Gasteiger partial charge in [0.1, 0.15) is 5.76 Å². The average Bonchev–Trinajstić information content (AvgIpc) is 2.80. The van der Waals surface area contributed by atoms with Crippen LogP contribution in [0.2, 0.25) is 0 Å². The summed E-state index contributed by atoms with van der Waals surface area (Å²) in [7, 11) is 0. The summed E-state index contributed by atoms with van der Waals surface area (Å²) in [5, 5.41) is 0. The summed E-state index contributed by atoms with van der Waals surface area (Å²) in [6, 6.07) is 3.64. The van der Waals surface area contributed by atoms with Crippen LogP contribution in [-0.2, 0) is 20.7 Å². The van der Waals surface area contributed by atoms with Gasteiger partial charge in [0, 0.05) is 12.8 Å². The van der Waals surface area contributed by atoms with Gasteiger partial charge in [0.25, 0.3) is 0 Å². The number of allylic oxidation sites excluding steroid dienone is 2. The van der Waals surface area contributed by atoms with E-state index in [0.29, 0.717) is 13.0 Å². The highest BCUT2D eigenvalue weighted by Crippen LogP contribution is 2.02. The molecule has 0 saturated heterocycles. The van der Waals surface area contributed by atoms with Gasteiger partial charge in [-0.05, 0) is 25.1 Å². The van der Waals surface area contributed by atoms with Crippen LogP contribution in [0.1, 0.15) is 25.5 Å². The largest absolute Gasteiger partial charge is 0.469 e. The lowest BCUT2D eigenvalue weighted by Crippen LogP contribution is -2.06. The normalized spacial score (nSPS) is 10.6. The molecule has 0 spiro atoms. The van der Waals surface area contributed by atoms with Gasteiger partial charge in [0.2, 0.25) is 0 Å². The summed E-state index contributed by atoms with van der Waals surface area (Å²) in [5.41, 5.74) is 0. The molecule has 0 amide bonds. The third-order valence-corrected chi connectivity index (χ3v) is 2.08. The first-order valence-corrected chi connectivity index (χ1v) is 5.59. The summed E-state index contributed by atoms with van der Waals surface area (Å²) in [6.07, 6.45) is 5.70. The fraction of sp³-hybridized carbons (Fsp3) is 0.385. The average molecular weight is 236 g/mol. The number of rotatable bonds is 7. The molecule has 0 atom stereocenters. The second-order valence-corrected chi connectivity index (χ2v) is 3.46.